The molecule has 2 aromatic rings. The first-order valence-corrected chi connectivity index (χ1v) is 7.78. The van der Waals surface area contributed by atoms with Gasteiger partial charge in [-0.2, -0.15) is 0 Å². The second-order valence-electron chi connectivity index (χ2n) is 6.41. The van der Waals surface area contributed by atoms with Crippen molar-refractivity contribution in [3.8, 4) is 0 Å². The van der Waals surface area contributed by atoms with Gasteiger partial charge >= 0.3 is 0 Å². The van der Waals surface area contributed by atoms with Crippen LogP contribution in [0.15, 0.2) is 48.5 Å². The Hall–Kier alpha value is -1.67. The smallest absolute Gasteiger partial charge is 0.123 e. The molecule has 0 saturated carbocycles. The molecule has 3 atom stereocenters. The van der Waals surface area contributed by atoms with Crippen LogP contribution < -0.4 is 0 Å². The standard InChI is InChI=1S/C19H20FN/c1-21-11-10-17-15-4-2-3-5-16(15)18(12-19(17)21)13-6-8-14(20)9-7-13/h2-9,17-19H,10-12H2,1H3. The van der Waals surface area contributed by atoms with Crippen molar-refractivity contribution in [1.29, 1.82) is 0 Å². The number of fused-ring (bicyclic) bond motifs is 3. The van der Waals surface area contributed by atoms with Crippen LogP contribution in [0.1, 0.15) is 41.4 Å². The molecule has 0 bridgehead atoms. The molecule has 1 saturated heterocycles. The van der Waals surface area contributed by atoms with Crippen molar-refractivity contribution in [1.82, 2.24) is 4.90 Å². The highest BCUT2D eigenvalue weighted by molar-refractivity contribution is 5.44. The molecule has 0 aromatic heterocycles. The molecule has 2 heteroatoms. The number of rotatable bonds is 1. The monoisotopic (exact) mass is 281 g/mol. The lowest BCUT2D eigenvalue weighted by atomic mass is 9.71. The summed E-state index contributed by atoms with van der Waals surface area (Å²) >= 11 is 0. The first kappa shape index (κ1) is 13.0. The van der Waals surface area contributed by atoms with Crippen LogP contribution in [0.25, 0.3) is 0 Å². The quantitative estimate of drug-likeness (QED) is 0.759. The minimum absolute atomic E-state index is 0.154. The Kier molecular flexibility index (Phi) is 3.07. The van der Waals surface area contributed by atoms with E-state index in [9.17, 15) is 4.39 Å². The Bertz CT molecular complexity index is 649. The fourth-order valence-corrected chi connectivity index (χ4v) is 4.26. The van der Waals surface area contributed by atoms with E-state index in [-0.39, 0.29) is 5.82 Å². The van der Waals surface area contributed by atoms with Crippen LogP contribution in [0.2, 0.25) is 0 Å². The normalized spacial score (nSPS) is 28.2. The van der Waals surface area contributed by atoms with Gasteiger partial charge in [0.1, 0.15) is 5.82 Å². The summed E-state index contributed by atoms with van der Waals surface area (Å²) in [4.78, 5) is 2.50. The molecule has 0 spiro atoms. The molecule has 1 heterocycles. The van der Waals surface area contributed by atoms with Gasteiger partial charge in [0.25, 0.3) is 0 Å². The van der Waals surface area contributed by atoms with Crippen molar-refractivity contribution < 1.29 is 4.39 Å². The summed E-state index contributed by atoms with van der Waals surface area (Å²) in [6.45, 7) is 1.18. The molecular formula is C19H20FN. The average Bonchev–Trinajstić information content (AvgIpc) is 2.89. The van der Waals surface area contributed by atoms with Gasteiger partial charge in [-0.05, 0) is 55.3 Å². The van der Waals surface area contributed by atoms with Crippen LogP contribution in [-0.4, -0.2) is 24.5 Å². The first-order valence-electron chi connectivity index (χ1n) is 7.78. The average molecular weight is 281 g/mol. The first-order chi connectivity index (χ1) is 10.2. The molecular weight excluding hydrogens is 261 g/mol. The van der Waals surface area contributed by atoms with E-state index >= 15 is 0 Å². The molecule has 1 aliphatic carbocycles. The molecule has 0 amide bonds. The molecule has 1 aliphatic heterocycles. The third-order valence-corrected chi connectivity index (χ3v) is 5.34. The van der Waals surface area contributed by atoms with Gasteiger partial charge in [0.05, 0.1) is 0 Å². The van der Waals surface area contributed by atoms with E-state index in [1.54, 1.807) is 12.1 Å². The van der Waals surface area contributed by atoms with Crippen LogP contribution in [0.5, 0.6) is 0 Å². The Labute approximate surface area is 125 Å². The summed E-state index contributed by atoms with van der Waals surface area (Å²) in [7, 11) is 2.24. The lowest BCUT2D eigenvalue weighted by molar-refractivity contribution is 0.265. The highest BCUT2D eigenvalue weighted by Crippen LogP contribution is 2.47. The predicted octanol–water partition coefficient (Wildman–Crippen LogP) is 4.15. The van der Waals surface area contributed by atoms with Crippen molar-refractivity contribution in [3.05, 3.63) is 71.0 Å². The predicted molar refractivity (Wildman–Crippen MR) is 83.1 cm³/mol. The number of hydrogen-bond donors (Lipinski definition) is 0. The molecule has 108 valence electrons. The zero-order chi connectivity index (χ0) is 14.4. The summed E-state index contributed by atoms with van der Waals surface area (Å²) in [6.07, 6.45) is 2.40. The Morgan fingerprint density at radius 3 is 2.48 bits per heavy atom. The third-order valence-electron chi connectivity index (χ3n) is 5.34. The fraction of sp³-hybridized carbons (Fsp3) is 0.368. The summed E-state index contributed by atoms with van der Waals surface area (Å²) in [5.41, 5.74) is 4.19. The molecule has 2 aromatic carbocycles. The van der Waals surface area contributed by atoms with Crippen LogP contribution >= 0.6 is 0 Å². The molecule has 1 fully saturated rings. The van der Waals surface area contributed by atoms with Crippen molar-refractivity contribution >= 4 is 0 Å². The maximum Gasteiger partial charge on any atom is 0.123 e. The second-order valence-corrected chi connectivity index (χ2v) is 6.41. The van der Waals surface area contributed by atoms with Gasteiger partial charge in [0.15, 0.2) is 0 Å². The van der Waals surface area contributed by atoms with E-state index in [0.717, 1.165) is 6.42 Å². The minimum atomic E-state index is -0.154. The zero-order valence-corrected chi connectivity index (χ0v) is 12.3. The minimum Gasteiger partial charge on any atom is -0.303 e. The largest absolute Gasteiger partial charge is 0.303 e. The third kappa shape index (κ3) is 2.09. The summed E-state index contributed by atoms with van der Waals surface area (Å²) in [5, 5.41) is 0. The lowest BCUT2D eigenvalue weighted by Gasteiger charge is -2.37. The topological polar surface area (TPSA) is 3.24 Å². The molecule has 3 unspecified atom stereocenters. The van der Waals surface area contributed by atoms with E-state index in [0.29, 0.717) is 17.9 Å². The summed E-state index contributed by atoms with van der Waals surface area (Å²) in [5.74, 6) is 0.908. The van der Waals surface area contributed by atoms with E-state index < -0.39 is 0 Å². The molecule has 0 N–H and O–H groups in total. The Balaban J connectivity index is 1.81. The highest BCUT2D eigenvalue weighted by atomic mass is 19.1. The second kappa shape index (κ2) is 4.96. The molecule has 0 radical (unpaired) electrons. The van der Waals surface area contributed by atoms with Crippen LogP contribution in [-0.2, 0) is 0 Å². The maximum atomic E-state index is 13.2. The number of hydrogen-bond acceptors (Lipinski definition) is 1. The molecule has 2 aliphatic rings. The van der Waals surface area contributed by atoms with Gasteiger partial charge in [0, 0.05) is 17.9 Å². The van der Waals surface area contributed by atoms with Crippen molar-refractivity contribution in [2.45, 2.75) is 30.7 Å². The van der Waals surface area contributed by atoms with Gasteiger partial charge in [-0.15, -0.1) is 0 Å². The highest BCUT2D eigenvalue weighted by Gasteiger charge is 2.40. The molecule has 1 nitrogen and oxygen atoms in total. The fourth-order valence-electron chi connectivity index (χ4n) is 4.26. The van der Waals surface area contributed by atoms with Crippen molar-refractivity contribution in [2.24, 2.45) is 0 Å². The molecule has 21 heavy (non-hydrogen) atoms. The van der Waals surface area contributed by atoms with E-state index in [1.165, 1.54) is 29.7 Å². The number of halogens is 1. The Morgan fingerprint density at radius 2 is 1.71 bits per heavy atom. The van der Waals surface area contributed by atoms with Crippen LogP contribution in [0.4, 0.5) is 4.39 Å². The summed E-state index contributed by atoms with van der Waals surface area (Å²) in [6, 6.07) is 16.5. The van der Waals surface area contributed by atoms with Crippen molar-refractivity contribution in [3.63, 3.8) is 0 Å². The van der Waals surface area contributed by atoms with Gasteiger partial charge in [0.2, 0.25) is 0 Å². The number of benzene rings is 2. The number of likely N-dealkylation sites (N-methyl/N-ethyl adjacent to an activating group) is 1. The Morgan fingerprint density at radius 1 is 1.00 bits per heavy atom. The number of likely N-dealkylation sites (tertiary alicyclic amines) is 1. The summed E-state index contributed by atoms with van der Waals surface area (Å²) < 4.78 is 13.2. The van der Waals surface area contributed by atoms with Gasteiger partial charge in [-0.1, -0.05) is 36.4 Å². The van der Waals surface area contributed by atoms with E-state index in [4.69, 9.17) is 0 Å². The van der Waals surface area contributed by atoms with Gasteiger partial charge in [-0.3, -0.25) is 0 Å². The van der Waals surface area contributed by atoms with E-state index in [1.807, 2.05) is 12.1 Å². The SMILES string of the molecule is CN1CCC2c3ccccc3C(c3ccc(F)cc3)CC21. The maximum absolute atomic E-state index is 13.2. The lowest BCUT2D eigenvalue weighted by Crippen LogP contribution is -2.34. The van der Waals surface area contributed by atoms with E-state index in [2.05, 4.69) is 36.2 Å². The zero-order valence-electron chi connectivity index (χ0n) is 12.3. The van der Waals surface area contributed by atoms with Gasteiger partial charge in [-0.25, -0.2) is 4.39 Å². The number of nitrogens with zero attached hydrogens (tertiary/aromatic N) is 1. The molecule has 4 rings (SSSR count). The van der Waals surface area contributed by atoms with Crippen LogP contribution in [0.3, 0.4) is 0 Å². The van der Waals surface area contributed by atoms with Crippen LogP contribution in [0, 0.1) is 5.82 Å². The van der Waals surface area contributed by atoms with Gasteiger partial charge < -0.3 is 4.90 Å². The van der Waals surface area contributed by atoms with Crippen molar-refractivity contribution in [2.75, 3.05) is 13.6 Å².